The van der Waals surface area contributed by atoms with Crippen molar-refractivity contribution in [2.75, 3.05) is 0 Å². The van der Waals surface area contributed by atoms with Gasteiger partial charge in [0.05, 0.1) is 28.4 Å². The first-order chi connectivity index (χ1) is 17.8. The number of aromatic nitrogens is 2. The summed E-state index contributed by atoms with van der Waals surface area (Å²) in [6, 6.07) is 20.7. The van der Waals surface area contributed by atoms with Crippen molar-refractivity contribution in [1.82, 2.24) is 20.0 Å². The fourth-order valence-electron chi connectivity index (χ4n) is 3.95. The fraction of sp³-hybridized carbons (Fsp3) is 0.0385. The summed E-state index contributed by atoms with van der Waals surface area (Å²) < 4.78 is 1.33. The molecule has 10 nitrogen and oxygen atoms in total. The molecule has 0 atom stereocenters. The maximum atomic E-state index is 13.4. The molecule has 1 aliphatic heterocycles. The number of nitro groups is 1. The molecule has 0 radical (unpaired) electrons. The van der Waals surface area contributed by atoms with Gasteiger partial charge in [-0.15, -0.1) is 0 Å². The number of hydrogen-bond acceptors (Lipinski definition) is 5. The first-order valence-corrected chi connectivity index (χ1v) is 11.4. The van der Waals surface area contributed by atoms with E-state index in [0.29, 0.717) is 27.5 Å². The minimum Gasteiger partial charge on any atom is -0.303 e. The molecule has 1 saturated heterocycles. The first-order valence-electron chi connectivity index (χ1n) is 11.1. The minimum absolute atomic E-state index is 0.0663. The third kappa shape index (κ3) is 4.65. The number of non-ortho nitro benzene ring substituents is 1. The Morgan fingerprint density at radius 2 is 1.59 bits per heavy atom. The summed E-state index contributed by atoms with van der Waals surface area (Å²) in [5.41, 5.74) is 1.84. The second kappa shape index (κ2) is 9.59. The molecule has 37 heavy (non-hydrogen) atoms. The Balaban J connectivity index is 1.52. The molecule has 0 unspecified atom stereocenters. The molecule has 2 heterocycles. The Kier molecular flexibility index (Phi) is 6.16. The standard InChI is InChI=1S/C26H18ClN5O5/c27-18-8-12-19(13-9-18)31-24(33)21(23(29-31)17-4-2-1-3-5-17)14-22-25(34)30(26(35)28-22)15-16-6-10-20(11-7-16)32(36)37/h1-14,29H,15H2,(H,28,35)/b22-14-. The molecular weight excluding hydrogens is 498 g/mol. The lowest BCUT2D eigenvalue weighted by molar-refractivity contribution is -0.384. The maximum absolute atomic E-state index is 13.4. The third-order valence-electron chi connectivity index (χ3n) is 5.81. The number of carbonyl (C=O) groups is 2. The Bertz CT molecular complexity index is 1610. The summed E-state index contributed by atoms with van der Waals surface area (Å²) in [5.74, 6) is -0.624. The minimum atomic E-state index is -0.663. The van der Waals surface area contributed by atoms with Gasteiger partial charge in [0.1, 0.15) is 5.70 Å². The molecule has 2 N–H and O–H groups in total. The molecule has 0 aliphatic carbocycles. The van der Waals surface area contributed by atoms with Crippen molar-refractivity contribution >= 4 is 35.3 Å². The van der Waals surface area contributed by atoms with Crippen LogP contribution in [0.4, 0.5) is 10.5 Å². The summed E-state index contributed by atoms with van der Waals surface area (Å²) >= 11 is 5.99. The second-order valence-corrected chi connectivity index (χ2v) is 8.62. The molecule has 4 aromatic rings. The molecule has 5 rings (SSSR count). The molecule has 3 aromatic carbocycles. The zero-order valence-corrected chi connectivity index (χ0v) is 19.8. The smallest absolute Gasteiger partial charge is 0.303 e. The summed E-state index contributed by atoms with van der Waals surface area (Å²) in [7, 11) is 0. The highest BCUT2D eigenvalue weighted by atomic mass is 35.5. The topological polar surface area (TPSA) is 130 Å². The molecule has 3 amide bonds. The van der Waals surface area contributed by atoms with E-state index < -0.39 is 22.4 Å². The van der Waals surface area contributed by atoms with Gasteiger partial charge in [-0.1, -0.05) is 54.1 Å². The maximum Gasteiger partial charge on any atom is 0.329 e. The summed E-state index contributed by atoms with van der Waals surface area (Å²) in [4.78, 5) is 50.5. The van der Waals surface area contributed by atoms with Crippen LogP contribution in [0.15, 0.2) is 89.4 Å². The van der Waals surface area contributed by atoms with Crippen molar-refractivity contribution in [2.24, 2.45) is 0 Å². The number of imide groups is 1. The van der Waals surface area contributed by atoms with Crippen molar-refractivity contribution < 1.29 is 14.5 Å². The van der Waals surface area contributed by atoms with Gasteiger partial charge in [0, 0.05) is 22.7 Å². The number of rotatable bonds is 6. The number of carbonyl (C=O) groups excluding carboxylic acids is 2. The number of halogens is 1. The third-order valence-corrected chi connectivity index (χ3v) is 6.06. The van der Waals surface area contributed by atoms with Gasteiger partial charge < -0.3 is 5.32 Å². The van der Waals surface area contributed by atoms with E-state index >= 15 is 0 Å². The predicted molar refractivity (Wildman–Crippen MR) is 137 cm³/mol. The molecule has 11 heteroatoms. The largest absolute Gasteiger partial charge is 0.329 e. The van der Waals surface area contributed by atoms with Crippen molar-refractivity contribution in [3.63, 3.8) is 0 Å². The van der Waals surface area contributed by atoms with Crippen LogP contribution in [-0.2, 0) is 11.3 Å². The molecule has 1 fully saturated rings. The number of hydrogen-bond donors (Lipinski definition) is 2. The fourth-order valence-corrected chi connectivity index (χ4v) is 4.07. The number of nitrogens with one attached hydrogen (secondary N) is 2. The SMILES string of the molecule is O=C1N/C(=C\c2c(-c3ccccc3)[nH]n(-c3ccc(Cl)cc3)c2=O)C(=O)N1Cc1ccc([N+](=O)[O-])cc1. The average molecular weight is 516 g/mol. The Labute approximate surface area is 214 Å². The zero-order valence-electron chi connectivity index (χ0n) is 19.1. The van der Waals surface area contributed by atoms with Crippen molar-refractivity contribution in [3.8, 4) is 16.9 Å². The molecule has 0 saturated carbocycles. The van der Waals surface area contributed by atoms with Crippen LogP contribution in [0.1, 0.15) is 11.1 Å². The summed E-state index contributed by atoms with van der Waals surface area (Å²) in [5, 5.41) is 17.0. The number of nitro benzene ring substituents is 1. The van der Waals surface area contributed by atoms with E-state index in [-0.39, 0.29) is 23.5 Å². The lowest BCUT2D eigenvalue weighted by atomic mass is 10.1. The lowest BCUT2D eigenvalue weighted by Crippen LogP contribution is -2.30. The second-order valence-electron chi connectivity index (χ2n) is 8.19. The van der Waals surface area contributed by atoms with E-state index in [4.69, 9.17) is 11.6 Å². The highest BCUT2D eigenvalue weighted by molar-refractivity contribution is 6.30. The van der Waals surface area contributed by atoms with Crippen LogP contribution in [0.2, 0.25) is 5.02 Å². The van der Waals surface area contributed by atoms with Gasteiger partial charge >= 0.3 is 6.03 Å². The van der Waals surface area contributed by atoms with Gasteiger partial charge in [-0.2, -0.15) is 0 Å². The van der Waals surface area contributed by atoms with Crippen LogP contribution in [0, 0.1) is 10.1 Å². The van der Waals surface area contributed by atoms with E-state index in [0.717, 1.165) is 4.90 Å². The molecule has 1 aliphatic rings. The molecule has 1 aromatic heterocycles. The van der Waals surface area contributed by atoms with Gasteiger partial charge in [0.15, 0.2) is 0 Å². The number of aromatic amines is 1. The quantitative estimate of drug-likeness (QED) is 0.169. The lowest BCUT2D eigenvalue weighted by Gasteiger charge is -2.11. The van der Waals surface area contributed by atoms with Crippen LogP contribution in [0.25, 0.3) is 23.0 Å². The van der Waals surface area contributed by atoms with E-state index in [9.17, 15) is 24.5 Å². The van der Waals surface area contributed by atoms with E-state index in [1.54, 1.807) is 24.3 Å². The predicted octanol–water partition coefficient (Wildman–Crippen LogP) is 4.49. The first kappa shape index (κ1) is 23.8. The van der Waals surface area contributed by atoms with Gasteiger partial charge in [0.25, 0.3) is 17.2 Å². The monoisotopic (exact) mass is 515 g/mol. The van der Waals surface area contributed by atoms with Crippen LogP contribution >= 0.6 is 11.6 Å². The number of benzene rings is 3. The van der Waals surface area contributed by atoms with Crippen molar-refractivity contribution in [2.45, 2.75) is 6.54 Å². The van der Waals surface area contributed by atoms with Gasteiger partial charge in [-0.25, -0.2) is 9.48 Å². The highest BCUT2D eigenvalue weighted by Crippen LogP contribution is 2.25. The molecule has 0 bridgehead atoms. The van der Waals surface area contributed by atoms with Gasteiger partial charge in [0.2, 0.25) is 0 Å². The van der Waals surface area contributed by atoms with Crippen molar-refractivity contribution in [1.29, 1.82) is 0 Å². The van der Waals surface area contributed by atoms with Crippen LogP contribution in [0.5, 0.6) is 0 Å². The van der Waals surface area contributed by atoms with E-state index in [1.165, 1.54) is 35.0 Å². The number of nitrogens with zero attached hydrogens (tertiary/aromatic N) is 3. The van der Waals surface area contributed by atoms with Gasteiger partial charge in [-0.3, -0.25) is 29.7 Å². The van der Waals surface area contributed by atoms with Crippen LogP contribution in [0.3, 0.4) is 0 Å². The highest BCUT2D eigenvalue weighted by Gasteiger charge is 2.34. The Hall–Kier alpha value is -4.96. The summed E-state index contributed by atoms with van der Waals surface area (Å²) in [6.45, 7) is -0.0896. The average Bonchev–Trinajstić information content (AvgIpc) is 3.36. The normalized spacial score (nSPS) is 14.3. The summed E-state index contributed by atoms with van der Waals surface area (Å²) in [6.07, 6.45) is 1.35. The van der Waals surface area contributed by atoms with E-state index in [1.807, 2.05) is 30.3 Å². The van der Waals surface area contributed by atoms with Gasteiger partial charge in [-0.05, 0) is 35.9 Å². The van der Waals surface area contributed by atoms with Crippen LogP contribution in [-0.4, -0.2) is 31.5 Å². The molecular formula is C26H18ClN5O5. The molecule has 0 spiro atoms. The Morgan fingerprint density at radius 3 is 2.24 bits per heavy atom. The van der Waals surface area contributed by atoms with Crippen LogP contribution < -0.4 is 10.9 Å². The molecule has 184 valence electrons. The number of amides is 3. The number of H-pyrrole nitrogens is 1. The van der Waals surface area contributed by atoms with Crippen molar-refractivity contribution in [3.05, 3.63) is 121 Å². The number of urea groups is 1. The van der Waals surface area contributed by atoms with E-state index in [2.05, 4.69) is 10.4 Å². The zero-order chi connectivity index (χ0) is 26.1. The Morgan fingerprint density at radius 1 is 0.919 bits per heavy atom.